The second-order valence-electron chi connectivity index (χ2n) is 9.45. The molecule has 182 valence electrons. The third kappa shape index (κ3) is 3.03. The lowest BCUT2D eigenvalue weighted by molar-refractivity contribution is 0.103. The number of nitrogens with zero attached hydrogens (tertiary/aromatic N) is 4. The highest BCUT2D eigenvalue weighted by molar-refractivity contribution is 6.19. The van der Waals surface area contributed by atoms with E-state index in [0.717, 1.165) is 56.9 Å². The van der Waals surface area contributed by atoms with Crippen LogP contribution in [0, 0.1) is 31.3 Å². The van der Waals surface area contributed by atoms with Gasteiger partial charge in [0.1, 0.15) is 11.3 Å². The number of halogens is 3. The van der Waals surface area contributed by atoms with Crippen LogP contribution in [-0.2, 0) is 13.6 Å². The molecule has 0 amide bonds. The number of para-hydroxylation sites is 1. The average molecular weight is 489 g/mol. The molecule has 0 atom stereocenters. The molecule has 1 aliphatic heterocycles. The van der Waals surface area contributed by atoms with Gasteiger partial charge in [-0.15, -0.1) is 0 Å². The van der Waals surface area contributed by atoms with E-state index in [9.17, 15) is 18.0 Å². The van der Waals surface area contributed by atoms with Gasteiger partial charge in [0.25, 0.3) is 0 Å². The third-order valence-corrected chi connectivity index (χ3v) is 7.29. The third-order valence-electron chi connectivity index (χ3n) is 7.29. The zero-order valence-corrected chi connectivity index (χ0v) is 20.3. The fourth-order valence-corrected chi connectivity index (χ4v) is 5.39. The molecule has 0 saturated heterocycles. The molecular weight excluding hydrogens is 465 g/mol. The monoisotopic (exact) mass is 488 g/mol. The molecule has 0 unspecified atom stereocenters. The molecule has 0 saturated carbocycles. The van der Waals surface area contributed by atoms with Crippen molar-refractivity contribution in [2.45, 2.75) is 20.4 Å². The Kier molecular flexibility index (Phi) is 4.80. The Morgan fingerprint density at radius 3 is 2.44 bits per heavy atom. The van der Waals surface area contributed by atoms with Gasteiger partial charge in [-0.3, -0.25) is 4.79 Å². The molecule has 0 radical (unpaired) electrons. The van der Waals surface area contributed by atoms with Crippen molar-refractivity contribution >= 4 is 33.4 Å². The maximum atomic E-state index is 13.9. The van der Waals surface area contributed by atoms with Gasteiger partial charge in [0.2, 0.25) is 0 Å². The first-order valence-electron chi connectivity index (χ1n) is 11.7. The van der Waals surface area contributed by atoms with E-state index in [2.05, 4.69) is 22.5 Å². The Balaban J connectivity index is 1.64. The first-order chi connectivity index (χ1) is 17.2. The zero-order valence-electron chi connectivity index (χ0n) is 20.3. The summed E-state index contributed by atoms with van der Waals surface area (Å²) in [7, 11) is 4.04. The molecule has 0 N–H and O–H groups in total. The van der Waals surface area contributed by atoms with Gasteiger partial charge in [-0.25, -0.2) is 18.2 Å². The van der Waals surface area contributed by atoms with Gasteiger partial charge >= 0.3 is 0 Å². The SMILES string of the molecule is Cc1cc2c(nc(C)n2C)c2c1-c1cccc3c(C(=O)c4cc(F)c(F)c(F)c4)cn(c13)CCN2C. The van der Waals surface area contributed by atoms with E-state index >= 15 is 0 Å². The predicted molar refractivity (Wildman–Crippen MR) is 134 cm³/mol. The Morgan fingerprint density at radius 2 is 1.72 bits per heavy atom. The lowest BCUT2D eigenvalue weighted by atomic mass is 9.93. The highest BCUT2D eigenvalue weighted by Crippen LogP contribution is 2.44. The van der Waals surface area contributed by atoms with E-state index in [1.807, 2.05) is 43.8 Å². The number of anilines is 1. The number of carbonyl (C=O) groups excluding carboxylic acids is 1. The molecule has 3 heterocycles. The number of rotatable bonds is 2. The van der Waals surface area contributed by atoms with Crippen molar-refractivity contribution in [2.75, 3.05) is 18.5 Å². The van der Waals surface area contributed by atoms with Crippen molar-refractivity contribution in [3.8, 4) is 11.1 Å². The van der Waals surface area contributed by atoms with E-state index < -0.39 is 23.2 Å². The van der Waals surface area contributed by atoms with Crippen molar-refractivity contribution in [2.24, 2.45) is 7.05 Å². The first kappa shape index (κ1) is 22.4. The van der Waals surface area contributed by atoms with E-state index in [1.54, 1.807) is 6.20 Å². The van der Waals surface area contributed by atoms with Crippen molar-refractivity contribution in [1.82, 2.24) is 14.1 Å². The van der Waals surface area contributed by atoms with Crippen LogP contribution in [0.3, 0.4) is 0 Å². The van der Waals surface area contributed by atoms with Crippen molar-refractivity contribution < 1.29 is 18.0 Å². The number of hydrogen-bond acceptors (Lipinski definition) is 3. The summed E-state index contributed by atoms with van der Waals surface area (Å²) in [6.45, 7) is 5.30. The molecular formula is C28H23F3N4O. The summed E-state index contributed by atoms with van der Waals surface area (Å²) in [5.41, 5.74) is 7.01. The van der Waals surface area contributed by atoms with E-state index in [0.29, 0.717) is 24.0 Å². The molecule has 1 aliphatic rings. The van der Waals surface area contributed by atoms with Crippen LogP contribution in [0.1, 0.15) is 27.3 Å². The molecule has 0 fully saturated rings. The molecule has 0 spiro atoms. The summed E-state index contributed by atoms with van der Waals surface area (Å²) in [5.74, 6) is -4.01. The molecule has 3 aromatic carbocycles. The van der Waals surface area contributed by atoms with Crippen LogP contribution in [0.5, 0.6) is 0 Å². The zero-order chi connectivity index (χ0) is 25.5. The summed E-state index contributed by atoms with van der Waals surface area (Å²) in [6, 6.07) is 9.37. The Morgan fingerprint density at radius 1 is 1.00 bits per heavy atom. The van der Waals surface area contributed by atoms with Crippen LogP contribution < -0.4 is 4.90 Å². The molecule has 5 aromatic rings. The van der Waals surface area contributed by atoms with Crippen LogP contribution >= 0.6 is 0 Å². The molecule has 8 heteroatoms. The van der Waals surface area contributed by atoms with Crippen LogP contribution in [0.25, 0.3) is 33.1 Å². The minimum Gasteiger partial charge on any atom is -0.370 e. The first-order valence-corrected chi connectivity index (χ1v) is 11.7. The fourth-order valence-electron chi connectivity index (χ4n) is 5.39. The number of fused-ring (bicyclic) bond motifs is 4. The van der Waals surface area contributed by atoms with Crippen LogP contribution in [-0.4, -0.2) is 33.5 Å². The maximum Gasteiger partial charge on any atom is 0.195 e. The highest BCUT2D eigenvalue weighted by Gasteiger charge is 2.27. The Labute approximate surface area is 205 Å². The normalized spacial score (nSPS) is 13.2. The smallest absolute Gasteiger partial charge is 0.195 e. The quantitative estimate of drug-likeness (QED) is 0.229. The number of hydrogen-bond donors (Lipinski definition) is 0. The van der Waals surface area contributed by atoms with Crippen LogP contribution in [0.2, 0.25) is 0 Å². The van der Waals surface area contributed by atoms with Gasteiger partial charge in [0, 0.05) is 61.0 Å². The summed E-state index contributed by atoms with van der Waals surface area (Å²) < 4.78 is 45.4. The van der Waals surface area contributed by atoms with Crippen LogP contribution in [0.15, 0.2) is 42.6 Å². The van der Waals surface area contributed by atoms with Crippen molar-refractivity contribution in [3.63, 3.8) is 0 Å². The number of imidazole rings is 1. The number of carbonyl (C=O) groups is 1. The van der Waals surface area contributed by atoms with Gasteiger partial charge in [-0.05, 0) is 37.6 Å². The molecule has 36 heavy (non-hydrogen) atoms. The number of benzene rings is 3. The summed E-state index contributed by atoms with van der Waals surface area (Å²) in [4.78, 5) is 20.5. The van der Waals surface area contributed by atoms with Gasteiger partial charge in [0.05, 0.1) is 16.7 Å². The lowest BCUT2D eigenvalue weighted by Gasteiger charge is -2.28. The van der Waals surface area contributed by atoms with E-state index in [-0.39, 0.29) is 5.56 Å². The highest BCUT2D eigenvalue weighted by atomic mass is 19.2. The Hall–Kier alpha value is -4.07. The molecule has 2 aromatic heterocycles. The largest absolute Gasteiger partial charge is 0.370 e. The summed E-state index contributed by atoms with van der Waals surface area (Å²) in [6.07, 6.45) is 1.73. The summed E-state index contributed by atoms with van der Waals surface area (Å²) in [5, 5.41) is 0.676. The maximum absolute atomic E-state index is 13.9. The number of aryl methyl sites for hydroxylation is 3. The van der Waals surface area contributed by atoms with E-state index in [1.165, 1.54) is 0 Å². The van der Waals surface area contributed by atoms with Gasteiger partial charge in [0.15, 0.2) is 23.2 Å². The molecule has 5 nitrogen and oxygen atoms in total. The van der Waals surface area contributed by atoms with E-state index in [4.69, 9.17) is 4.98 Å². The lowest BCUT2D eigenvalue weighted by Crippen LogP contribution is -2.25. The van der Waals surface area contributed by atoms with Crippen molar-refractivity contribution in [1.29, 1.82) is 0 Å². The Bertz CT molecular complexity index is 1720. The molecule has 6 rings (SSSR count). The number of ketones is 1. The van der Waals surface area contributed by atoms with Gasteiger partial charge < -0.3 is 14.0 Å². The topological polar surface area (TPSA) is 43.1 Å². The average Bonchev–Trinajstić information content (AvgIpc) is 3.35. The number of aromatic nitrogens is 3. The van der Waals surface area contributed by atoms with Crippen molar-refractivity contribution in [3.05, 3.63) is 82.6 Å². The second kappa shape index (κ2) is 7.71. The van der Waals surface area contributed by atoms with Gasteiger partial charge in [-0.1, -0.05) is 18.2 Å². The van der Waals surface area contributed by atoms with Gasteiger partial charge in [-0.2, -0.15) is 0 Å². The fraction of sp³-hybridized carbons (Fsp3) is 0.214. The predicted octanol–water partition coefficient (Wildman–Crippen LogP) is 5.91. The second-order valence-corrected chi connectivity index (χ2v) is 9.45. The standard InChI is InChI=1S/C28H23F3N4O/c1-14-10-22-25(32-15(2)34(22)4)27-23(14)18-7-5-6-17-19(13-35(26(17)18)9-8-33(27)3)28(36)16-11-20(29)24(31)21(30)12-16/h5-7,10-13H,8-9H2,1-4H3. The molecule has 0 aliphatic carbocycles. The van der Waals surface area contributed by atoms with Crippen LogP contribution in [0.4, 0.5) is 18.9 Å². The summed E-state index contributed by atoms with van der Waals surface area (Å²) >= 11 is 0. The minimum absolute atomic E-state index is 0.231. The minimum atomic E-state index is -1.59. The number of likely N-dealkylation sites (N-methyl/N-ethyl adjacent to an activating group) is 1. The molecule has 0 bridgehead atoms.